The number of rotatable bonds is 23. The predicted molar refractivity (Wildman–Crippen MR) is 156 cm³/mol. The molecule has 6 nitrogen and oxygen atoms in total. The van der Waals surface area contributed by atoms with Gasteiger partial charge in [-0.2, -0.15) is 0 Å². The molecule has 1 atom stereocenters. The molecule has 0 unspecified atom stereocenters. The summed E-state index contributed by atoms with van der Waals surface area (Å²) >= 11 is 0. The highest BCUT2D eigenvalue weighted by Crippen LogP contribution is 2.11. The lowest BCUT2D eigenvalue weighted by molar-refractivity contribution is -0.138. The van der Waals surface area contributed by atoms with Crippen LogP contribution in [0.5, 0.6) is 0 Å². The largest absolute Gasteiger partial charge is 0.480 e. The fourth-order valence-electron chi connectivity index (χ4n) is 4.17. The van der Waals surface area contributed by atoms with E-state index in [0.29, 0.717) is 6.42 Å². The van der Waals surface area contributed by atoms with E-state index in [1.807, 2.05) is 13.8 Å². The quantitative estimate of drug-likeness (QED) is 0.100. The van der Waals surface area contributed by atoms with Crippen molar-refractivity contribution < 1.29 is 19.5 Å². The summed E-state index contributed by atoms with van der Waals surface area (Å²) in [4.78, 5) is 34.9. The van der Waals surface area contributed by atoms with Crippen LogP contribution in [0.1, 0.15) is 143 Å². The van der Waals surface area contributed by atoms with Crippen molar-refractivity contribution in [1.82, 2.24) is 10.6 Å². The number of carboxylic acids is 1. The number of nitrogens with one attached hydrogen (secondary N) is 2. The van der Waals surface area contributed by atoms with Crippen molar-refractivity contribution in [2.75, 3.05) is 6.54 Å². The summed E-state index contributed by atoms with van der Waals surface area (Å²) in [6.45, 7) is 5.46. The van der Waals surface area contributed by atoms with Crippen LogP contribution in [0, 0.1) is 29.6 Å². The van der Waals surface area contributed by atoms with Gasteiger partial charge < -0.3 is 15.7 Å². The van der Waals surface area contributed by atoms with Crippen LogP contribution in [0.2, 0.25) is 0 Å². The number of carbonyl (C=O) groups excluding carboxylic acids is 2. The molecule has 3 N–H and O–H groups in total. The SMILES string of the molecule is CCCCCCCCCCCCC#CC#CCCCCCCCCC(=O)N[C@H](C(=O)NCC(=O)O)C(C)C. The molecule has 0 spiro atoms. The number of carboxylic acid groups (broad SMARTS) is 1. The van der Waals surface area contributed by atoms with Crippen molar-refractivity contribution in [2.24, 2.45) is 5.92 Å². The smallest absolute Gasteiger partial charge is 0.322 e. The maximum absolute atomic E-state index is 12.2. The van der Waals surface area contributed by atoms with Crippen molar-refractivity contribution in [3.63, 3.8) is 0 Å². The van der Waals surface area contributed by atoms with Gasteiger partial charge >= 0.3 is 5.97 Å². The number of amides is 2. The lowest BCUT2D eigenvalue weighted by atomic mass is 10.0. The molecule has 0 aliphatic rings. The first-order chi connectivity index (χ1) is 18.4. The summed E-state index contributed by atoms with van der Waals surface area (Å²) in [6, 6.07) is -0.715. The van der Waals surface area contributed by atoms with Gasteiger partial charge in [0.25, 0.3) is 0 Å². The molecular formula is C32H54N2O4. The minimum Gasteiger partial charge on any atom is -0.480 e. The highest BCUT2D eigenvalue weighted by Gasteiger charge is 2.24. The number of aliphatic carboxylic acids is 1. The second kappa shape index (κ2) is 26.1. The lowest BCUT2D eigenvalue weighted by Crippen LogP contribution is -2.50. The molecule has 6 heteroatoms. The lowest BCUT2D eigenvalue weighted by Gasteiger charge is -2.21. The van der Waals surface area contributed by atoms with Crippen molar-refractivity contribution in [2.45, 2.75) is 149 Å². The van der Waals surface area contributed by atoms with Gasteiger partial charge in [-0.1, -0.05) is 116 Å². The summed E-state index contributed by atoms with van der Waals surface area (Å²) in [5.74, 6) is 10.4. The monoisotopic (exact) mass is 530 g/mol. The Morgan fingerprint density at radius 1 is 0.684 bits per heavy atom. The van der Waals surface area contributed by atoms with E-state index < -0.39 is 24.5 Å². The van der Waals surface area contributed by atoms with Crippen LogP contribution in [0.15, 0.2) is 0 Å². The minimum atomic E-state index is -1.11. The molecule has 0 aromatic rings. The van der Waals surface area contributed by atoms with Gasteiger partial charge in [0.15, 0.2) is 0 Å². The van der Waals surface area contributed by atoms with Crippen LogP contribution in [0.25, 0.3) is 0 Å². The fraction of sp³-hybridized carbons (Fsp3) is 0.781. The zero-order valence-electron chi connectivity index (χ0n) is 24.5. The molecule has 0 aromatic carbocycles. The van der Waals surface area contributed by atoms with Crippen LogP contribution >= 0.6 is 0 Å². The predicted octanol–water partition coefficient (Wildman–Crippen LogP) is 6.77. The first kappa shape index (κ1) is 35.5. The fourth-order valence-corrected chi connectivity index (χ4v) is 4.17. The average Bonchev–Trinajstić information content (AvgIpc) is 2.88. The van der Waals surface area contributed by atoms with E-state index >= 15 is 0 Å². The number of unbranched alkanes of at least 4 members (excludes halogenated alkanes) is 16. The molecule has 0 aliphatic heterocycles. The molecule has 38 heavy (non-hydrogen) atoms. The zero-order chi connectivity index (χ0) is 28.3. The molecule has 0 bridgehead atoms. The summed E-state index contributed by atoms with van der Waals surface area (Å²) in [7, 11) is 0. The molecule has 2 amide bonds. The molecule has 0 aliphatic carbocycles. The Bertz CT molecular complexity index is 755. The van der Waals surface area contributed by atoms with E-state index in [9.17, 15) is 14.4 Å². The summed E-state index contributed by atoms with van der Waals surface area (Å²) in [5.41, 5.74) is 0. The van der Waals surface area contributed by atoms with Gasteiger partial charge in [-0.15, -0.1) is 0 Å². The first-order valence-corrected chi connectivity index (χ1v) is 15.1. The van der Waals surface area contributed by atoms with E-state index in [-0.39, 0.29) is 11.8 Å². The van der Waals surface area contributed by atoms with E-state index in [2.05, 4.69) is 41.2 Å². The van der Waals surface area contributed by atoms with Crippen LogP contribution in [0.3, 0.4) is 0 Å². The molecule has 0 aromatic heterocycles. The van der Waals surface area contributed by atoms with Crippen molar-refractivity contribution >= 4 is 17.8 Å². The molecule has 0 heterocycles. The van der Waals surface area contributed by atoms with Gasteiger partial charge in [-0.3, -0.25) is 14.4 Å². The van der Waals surface area contributed by atoms with Gasteiger partial charge in [-0.25, -0.2) is 0 Å². The van der Waals surface area contributed by atoms with Crippen LogP contribution in [-0.4, -0.2) is 35.5 Å². The average molecular weight is 531 g/mol. The van der Waals surface area contributed by atoms with Gasteiger partial charge in [0, 0.05) is 19.3 Å². The molecule has 216 valence electrons. The van der Waals surface area contributed by atoms with Gasteiger partial charge in [-0.05, 0) is 37.0 Å². The highest BCUT2D eigenvalue weighted by molar-refractivity contribution is 5.89. The van der Waals surface area contributed by atoms with Crippen LogP contribution < -0.4 is 10.6 Å². The minimum absolute atomic E-state index is 0.119. The zero-order valence-corrected chi connectivity index (χ0v) is 24.5. The molecular weight excluding hydrogens is 476 g/mol. The van der Waals surface area contributed by atoms with Gasteiger partial charge in [0.1, 0.15) is 12.6 Å². The van der Waals surface area contributed by atoms with Crippen molar-refractivity contribution in [3.8, 4) is 23.7 Å². The van der Waals surface area contributed by atoms with Crippen molar-refractivity contribution in [3.05, 3.63) is 0 Å². The Hall–Kier alpha value is -2.47. The normalized spacial score (nSPS) is 11.2. The topological polar surface area (TPSA) is 95.5 Å². The third-order valence-corrected chi connectivity index (χ3v) is 6.53. The number of carbonyl (C=O) groups is 3. The number of hydrogen-bond acceptors (Lipinski definition) is 3. The maximum Gasteiger partial charge on any atom is 0.322 e. The maximum atomic E-state index is 12.2. The first-order valence-electron chi connectivity index (χ1n) is 15.1. The highest BCUT2D eigenvalue weighted by atomic mass is 16.4. The Morgan fingerprint density at radius 2 is 1.13 bits per heavy atom. The van der Waals surface area contributed by atoms with Crippen LogP contribution in [-0.2, 0) is 14.4 Å². The second-order valence-corrected chi connectivity index (χ2v) is 10.6. The summed E-state index contributed by atoms with van der Waals surface area (Å²) in [5, 5.41) is 13.8. The van der Waals surface area contributed by atoms with E-state index in [1.165, 1.54) is 64.2 Å². The molecule has 0 radical (unpaired) electrons. The standard InChI is InChI=1S/C32H54N2O4/c1-4-5-6-7-8-9-10-11-12-13-14-15-16-17-18-19-20-21-22-23-24-25-26-29(35)34-31(28(2)3)32(38)33-27-30(36)37/h28,31H,4-14,19-27H2,1-3H3,(H,33,38)(H,34,35)(H,36,37)/t31-/m0/s1. The number of hydrogen-bond donors (Lipinski definition) is 3. The van der Waals surface area contributed by atoms with Gasteiger partial charge in [0.05, 0.1) is 0 Å². The van der Waals surface area contributed by atoms with E-state index in [4.69, 9.17) is 5.11 Å². The Morgan fingerprint density at radius 3 is 1.58 bits per heavy atom. The Kier molecular flexibility index (Phi) is 24.4. The molecule has 0 rings (SSSR count). The Labute approximate surface area is 232 Å². The van der Waals surface area contributed by atoms with Gasteiger partial charge in [0.2, 0.25) is 11.8 Å². The Balaban J connectivity index is 3.64. The van der Waals surface area contributed by atoms with Crippen LogP contribution in [0.4, 0.5) is 0 Å². The van der Waals surface area contributed by atoms with E-state index in [1.54, 1.807) is 0 Å². The summed E-state index contributed by atoms with van der Waals surface area (Å²) < 4.78 is 0. The molecule has 0 saturated heterocycles. The van der Waals surface area contributed by atoms with E-state index in [0.717, 1.165) is 51.4 Å². The molecule has 0 fully saturated rings. The van der Waals surface area contributed by atoms with Crippen molar-refractivity contribution in [1.29, 1.82) is 0 Å². The second-order valence-electron chi connectivity index (χ2n) is 10.6. The summed E-state index contributed by atoms with van der Waals surface area (Å²) in [6.07, 6.45) is 21.8. The molecule has 0 saturated carbocycles. The third-order valence-electron chi connectivity index (χ3n) is 6.53. The third kappa shape index (κ3) is 23.9.